The van der Waals surface area contributed by atoms with Crippen molar-refractivity contribution in [3.05, 3.63) is 23.8 Å². The molecule has 1 aromatic rings. The molecule has 2 rings (SSSR count). The zero-order valence-electron chi connectivity index (χ0n) is 16.5. The number of esters is 3. The van der Waals surface area contributed by atoms with Crippen LogP contribution in [0.5, 0.6) is 11.5 Å². The second-order valence-corrected chi connectivity index (χ2v) is 6.73. The van der Waals surface area contributed by atoms with Gasteiger partial charge in [0.25, 0.3) is 0 Å². The number of benzene rings is 1. The average molecular weight is 429 g/mol. The first-order valence-corrected chi connectivity index (χ1v) is 8.82. The van der Waals surface area contributed by atoms with Crippen LogP contribution < -0.4 is 20.5 Å². The van der Waals surface area contributed by atoms with Crippen molar-refractivity contribution in [2.24, 2.45) is 5.73 Å². The smallest absolute Gasteiger partial charge is 0.328 e. The van der Waals surface area contributed by atoms with Crippen LogP contribution in [0.4, 0.5) is 0 Å². The molecular weight excluding hydrogens is 404 g/mol. The average Bonchev–Trinajstić information content (AvgIpc) is 2.59. The van der Waals surface area contributed by atoms with E-state index in [1.54, 1.807) is 6.07 Å². The quantitative estimate of drug-likeness (QED) is 0.486. The Hall–Kier alpha value is -2.65. The van der Waals surface area contributed by atoms with Crippen LogP contribution >= 0.6 is 12.4 Å². The van der Waals surface area contributed by atoms with E-state index in [0.717, 1.165) is 6.42 Å². The van der Waals surface area contributed by atoms with Crippen LogP contribution in [0.1, 0.15) is 38.7 Å². The number of methoxy groups -OCH3 is 1. The van der Waals surface area contributed by atoms with Crippen LogP contribution in [-0.4, -0.2) is 42.5 Å². The molecule has 0 spiro atoms. The molecular formula is C19H25ClN2O7. The van der Waals surface area contributed by atoms with Crippen LogP contribution in [0.15, 0.2) is 18.2 Å². The molecule has 0 aromatic heterocycles. The largest absolute Gasteiger partial charge is 0.467 e. The minimum Gasteiger partial charge on any atom is -0.467 e. The number of hydrogen-bond acceptors (Lipinski definition) is 8. The Labute approximate surface area is 174 Å². The lowest BCUT2D eigenvalue weighted by molar-refractivity contribution is -0.146. The maximum absolute atomic E-state index is 12.4. The number of carbonyl (C=O) groups excluding carboxylic acids is 4. The molecule has 0 radical (unpaired) electrons. The summed E-state index contributed by atoms with van der Waals surface area (Å²) in [4.78, 5) is 47.0. The fraction of sp³-hybridized carbons (Fsp3) is 0.474. The lowest BCUT2D eigenvalue weighted by Gasteiger charge is -2.37. The Morgan fingerprint density at radius 2 is 1.69 bits per heavy atom. The standard InChI is InChI=1S/C19H24N2O7.ClH/c1-11(22)27-15-6-5-13(10-16(15)28-12(2)23)9-14(17(24)26-3)21-18(25)19(20)7-4-8-19;/h5-6,10,14H,4,7-9,20H2,1-3H3,(H,21,25);1H/t14-;/m0./s1. The van der Waals surface area contributed by atoms with Gasteiger partial charge in [0.1, 0.15) is 6.04 Å². The molecule has 0 unspecified atom stereocenters. The van der Waals surface area contributed by atoms with E-state index in [4.69, 9.17) is 19.9 Å². The van der Waals surface area contributed by atoms with Crippen LogP contribution in [0, 0.1) is 0 Å². The molecule has 29 heavy (non-hydrogen) atoms. The number of nitrogens with two attached hydrogens (primary N) is 1. The SMILES string of the molecule is COC(=O)[C@H](Cc1ccc(OC(C)=O)c(OC(C)=O)c1)NC(=O)C1(N)CCC1.Cl. The lowest BCUT2D eigenvalue weighted by Crippen LogP contribution is -2.61. The lowest BCUT2D eigenvalue weighted by atomic mass is 9.77. The number of halogens is 1. The van der Waals surface area contributed by atoms with E-state index in [1.807, 2.05) is 0 Å². The van der Waals surface area contributed by atoms with Gasteiger partial charge < -0.3 is 25.3 Å². The first-order valence-electron chi connectivity index (χ1n) is 8.82. The number of ether oxygens (including phenoxy) is 3. The molecule has 1 aliphatic carbocycles. The van der Waals surface area contributed by atoms with Gasteiger partial charge in [-0.15, -0.1) is 12.4 Å². The first-order chi connectivity index (χ1) is 13.1. The second-order valence-electron chi connectivity index (χ2n) is 6.73. The Morgan fingerprint density at radius 1 is 1.10 bits per heavy atom. The zero-order valence-corrected chi connectivity index (χ0v) is 17.3. The molecule has 0 aliphatic heterocycles. The molecule has 1 aromatic carbocycles. The summed E-state index contributed by atoms with van der Waals surface area (Å²) in [6.07, 6.45) is 2.04. The summed E-state index contributed by atoms with van der Waals surface area (Å²) in [5, 5.41) is 2.63. The van der Waals surface area contributed by atoms with E-state index in [0.29, 0.717) is 18.4 Å². The summed E-state index contributed by atoms with van der Waals surface area (Å²) >= 11 is 0. The van der Waals surface area contributed by atoms with E-state index >= 15 is 0 Å². The van der Waals surface area contributed by atoms with Gasteiger partial charge >= 0.3 is 17.9 Å². The molecule has 1 saturated carbocycles. The van der Waals surface area contributed by atoms with Crippen LogP contribution in [0.25, 0.3) is 0 Å². The minimum absolute atomic E-state index is 0. The molecule has 1 amide bonds. The summed E-state index contributed by atoms with van der Waals surface area (Å²) in [5.41, 5.74) is 5.60. The topological polar surface area (TPSA) is 134 Å². The number of rotatable bonds is 7. The van der Waals surface area contributed by atoms with Gasteiger partial charge in [-0.25, -0.2) is 4.79 Å². The van der Waals surface area contributed by atoms with Crippen LogP contribution in [0.2, 0.25) is 0 Å². The highest BCUT2D eigenvalue weighted by molar-refractivity contribution is 5.91. The van der Waals surface area contributed by atoms with Gasteiger partial charge in [0.05, 0.1) is 12.6 Å². The fourth-order valence-electron chi connectivity index (χ4n) is 2.81. The summed E-state index contributed by atoms with van der Waals surface area (Å²) < 4.78 is 14.9. The van der Waals surface area contributed by atoms with Gasteiger partial charge in [-0.2, -0.15) is 0 Å². The summed E-state index contributed by atoms with van der Waals surface area (Å²) in [5.74, 6) is -2.11. The van der Waals surface area contributed by atoms with Crippen molar-refractivity contribution in [1.29, 1.82) is 0 Å². The molecule has 1 aliphatic rings. The molecule has 0 bridgehead atoms. The van der Waals surface area contributed by atoms with Crippen molar-refractivity contribution in [2.75, 3.05) is 7.11 Å². The third kappa shape index (κ3) is 6.43. The number of amides is 1. The summed E-state index contributed by atoms with van der Waals surface area (Å²) in [6, 6.07) is 3.53. The normalized spacial score (nSPS) is 15.0. The second kappa shape index (κ2) is 10.2. The van der Waals surface area contributed by atoms with Crippen LogP contribution in [-0.2, 0) is 30.3 Å². The Balaban J connectivity index is 0.00000420. The first kappa shape index (κ1) is 24.4. The van der Waals surface area contributed by atoms with Crippen molar-refractivity contribution < 1.29 is 33.4 Å². The van der Waals surface area contributed by atoms with Crippen LogP contribution in [0.3, 0.4) is 0 Å². The predicted molar refractivity (Wildman–Crippen MR) is 105 cm³/mol. The van der Waals surface area contributed by atoms with Gasteiger partial charge in [0.15, 0.2) is 11.5 Å². The van der Waals surface area contributed by atoms with E-state index in [9.17, 15) is 19.2 Å². The zero-order chi connectivity index (χ0) is 20.9. The highest BCUT2D eigenvalue weighted by Crippen LogP contribution is 2.31. The summed E-state index contributed by atoms with van der Waals surface area (Å²) in [6.45, 7) is 2.43. The highest BCUT2D eigenvalue weighted by atomic mass is 35.5. The molecule has 9 nitrogen and oxygen atoms in total. The van der Waals surface area contributed by atoms with E-state index in [2.05, 4.69) is 5.32 Å². The molecule has 1 atom stereocenters. The van der Waals surface area contributed by atoms with Crippen molar-refractivity contribution in [2.45, 2.75) is 51.1 Å². The monoisotopic (exact) mass is 428 g/mol. The van der Waals surface area contributed by atoms with E-state index < -0.39 is 35.4 Å². The molecule has 0 heterocycles. The molecule has 0 saturated heterocycles. The van der Waals surface area contributed by atoms with Gasteiger partial charge in [-0.3, -0.25) is 14.4 Å². The Morgan fingerprint density at radius 3 is 2.17 bits per heavy atom. The van der Waals surface area contributed by atoms with Crippen molar-refractivity contribution in [3.8, 4) is 11.5 Å². The maximum Gasteiger partial charge on any atom is 0.328 e. The molecule has 10 heteroatoms. The minimum atomic E-state index is -0.969. The number of carbonyl (C=O) groups is 4. The van der Waals surface area contributed by atoms with E-state index in [1.165, 1.54) is 33.1 Å². The number of nitrogens with one attached hydrogen (secondary N) is 1. The maximum atomic E-state index is 12.4. The third-order valence-electron chi connectivity index (χ3n) is 4.44. The molecule has 160 valence electrons. The van der Waals surface area contributed by atoms with Gasteiger partial charge in [0, 0.05) is 20.3 Å². The van der Waals surface area contributed by atoms with Crippen molar-refractivity contribution in [3.63, 3.8) is 0 Å². The van der Waals surface area contributed by atoms with Gasteiger partial charge in [-0.05, 0) is 37.0 Å². The third-order valence-corrected chi connectivity index (χ3v) is 4.44. The Bertz CT molecular complexity index is 793. The molecule has 1 fully saturated rings. The Kier molecular flexibility index (Phi) is 8.59. The predicted octanol–water partition coefficient (Wildman–Crippen LogP) is 1.04. The molecule has 3 N–H and O–H groups in total. The fourth-order valence-corrected chi connectivity index (χ4v) is 2.81. The van der Waals surface area contributed by atoms with E-state index in [-0.39, 0.29) is 30.3 Å². The van der Waals surface area contributed by atoms with Gasteiger partial charge in [-0.1, -0.05) is 6.07 Å². The summed E-state index contributed by atoms with van der Waals surface area (Å²) in [7, 11) is 1.22. The number of hydrogen-bond donors (Lipinski definition) is 2. The highest BCUT2D eigenvalue weighted by Gasteiger charge is 2.41. The van der Waals surface area contributed by atoms with Gasteiger partial charge in [0.2, 0.25) is 5.91 Å². The van der Waals surface area contributed by atoms with Crippen molar-refractivity contribution >= 4 is 36.2 Å². The van der Waals surface area contributed by atoms with Crippen molar-refractivity contribution in [1.82, 2.24) is 5.32 Å².